The Morgan fingerprint density at radius 2 is 2.04 bits per heavy atom. The minimum Gasteiger partial charge on any atom is -0.396 e. The third-order valence-corrected chi connectivity index (χ3v) is 4.66. The number of aliphatic hydroxyl groups is 1. The normalized spacial score (nSPS) is 19.8. The highest BCUT2D eigenvalue weighted by Gasteiger charge is 2.21. The van der Waals surface area contributed by atoms with Gasteiger partial charge >= 0.3 is 0 Å². The van der Waals surface area contributed by atoms with Gasteiger partial charge in [-0.15, -0.1) is 24.0 Å². The highest BCUT2D eigenvalue weighted by atomic mass is 127. The van der Waals surface area contributed by atoms with E-state index in [9.17, 15) is 5.11 Å². The summed E-state index contributed by atoms with van der Waals surface area (Å²) in [5.74, 6) is 2.77. The van der Waals surface area contributed by atoms with E-state index in [1.165, 1.54) is 32.5 Å². The summed E-state index contributed by atoms with van der Waals surface area (Å²) in [6, 6.07) is 0. The molecule has 1 fully saturated rings. The molecule has 2 unspecified atom stereocenters. The van der Waals surface area contributed by atoms with Crippen LogP contribution in [0.1, 0.15) is 53.4 Å². The summed E-state index contributed by atoms with van der Waals surface area (Å²) in [7, 11) is 0. The molecular formula is C19H41IN4O. The fourth-order valence-electron chi connectivity index (χ4n) is 3.53. The molecule has 6 heteroatoms. The molecule has 25 heavy (non-hydrogen) atoms. The van der Waals surface area contributed by atoms with Crippen LogP contribution in [-0.2, 0) is 0 Å². The number of nitrogens with zero attached hydrogens (tertiary/aromatic N) is 2. The van der Waals surface area contributed by atoms with Crippen molar-refractivity contribution in [2.45, 2.75) is 53.4 Å². The SMILES string of the molecule is CCCN1CCC(CNC(=NCC(CCO)CC(C)C)NCC)C1.I. The van der Waals surface area contributed by atoms with E-state index in [1.807, 2.05) is 0 Å². The molecule has 2 atom stereocenters. The predicted molar refractivity (Wildman–Crippen MR) is 119 cm³/mol. The molecule has 0 radical (unpaired) electrons. The first-order chi connectivity index (χ1) is 11.6. The number of rotatable bonds is 11. The lowest BCUT2D eigenvalue weighted by atomic mass is 9.94. The molecule has 0 aliphatic carbocycles. The summed E-state index contributed by atoms with van der Waals surface area (Å²) < 4.78 is 0. The van der Waals surface area contributed by atoms with Crippen molar-refractivity contribution in [1.82, 2.24) is 15.5 Å². The zero-order chi connectivity index (χ0) is 17.8. The predicted octanol–water partition coefficient (Wildman–Crippen LogP) is 2.94. The zero-order valence-corrected chi connectivity index (χ0v) is 19.1. The summed E-state index contributed by atoms with van der Waals surface area (Å²) in [6.07, 6.45) is 4.49. The van der Waals surface area contributed by atoms with E-state index in [2.05, 4.69) is 43.2 Å². The molecule has 150 valence electrons. The fourth-order valence-corrected chi connectivity index (χ4v) is 3.53. The molecule has 1 saturated heterocycles. The molecule has 0 aromatic carbocycles. The van der Waals surface area contributed by atoms with Gasteiger partial charge in [0.25, 0.3) is 0 Å². The topological polar surface area (TPSA) is 59.9 Å². The van der Waals surface area contributed by atoms with Gasteiger partial charge in [0.05, 0.1) is 0 Å². The Kier molecular flexibility index (Phi) is 15.0. The highest BCUT2D eigenvalue weighted by Crippen LogP contribution is 2.16. The first kappa shape index (κ1) is 24.9. The van der Waals surface area contributed by atoms with Gasteiger partial charge in [0.15, 0.2) is 5.96 Å². The van der Waals surface area contributed by atoms with Crippen LogP contribution in [0.15, 0.2) is 4.99 Å². The first-order valence-corrected chi connectivity index (χ1v) is 9.94. The standard InChI is InChI=1S/C19H40N4O.HI/c1-5-9-23-10-7-18(15-23)14-22-19(20-6-2)21-13-17(8-11-24)12-16(3)4;/h16-18,24H,5-15H2,1-4H3,(H2,20,21,22);1H. The van der Waals surface area contributed by atoms with Crippen LogP contribution >= 0.6 is 24.0 Å². The second kappa shape index (κ2) is 15.0. The maximum Gasteiger partial charge on any atom is 0.191 e. The number of aliphatic imine (C=N–C) groups is 1. The molecule has 1 rings (SSSR count). The average molecular weight is 468 g/mol. The largest absolute Gasteiger partial charge is 0.396 e. The maximum absolute atomic E-state index is 9.25. The van der Waals surface area contributed by atoms with Gasteiger partial charge in [0.2, 0.25) is 0 Å². The molecule has 0 aromatic heterocycles. The van der Waals surface area contributed by atoms with Crippen LogP contribution in [-0.4, -0.2) is 61.8 Å². The molecule has 0 aromatic rings. The van der Waals surface area contributed by atoms with E-state index in [1.54, 1.807) is 0 Å². The third-order valence-electron chi connectivity index (χ3n) is 4.66. The Bertz CT molecular complexity index is 352. The summed E-state index contributed by atoms with van der Waals surface area (Å²) in [6.45, 7) is 15.4. The number of guanidine groups is 1. The van der Waals surface area contributed by atoms with E-state index >= 15 is 0 Å². The van der Waals surface area contributed by atoms with E-state index in [0.29, 0.717) is 11.8 Å². The molecule has 5 nitrogen and oxygen atoms in total. The molecule has 0 saturated carbocycles. The zero-order valence-electron chi connectivity index (χ0n) is 16.8. The number of likely N-dealkylation sites (tertiary alicyclic amines) is 1. The second-order valence-corrected chi connectivity index (χ2v) is 7.56. The van der Waals surface area contributed by atoms with E-state index in [0.717, 1.165) is 44.4 Å². The van der Waals surface area contributed by atoms with Gasteiger partial charge in [0.1, 0.15) is 0 Å². The monoisotopic (exact) mass is 468 g/mol. The van der Waals surface area contributed by atoms with Gasteiger partial charge in [-0.05, 0) is 63.5 Å². The van der Waals surface area contributed by atoms with Crippen molar-refractivity contribution in [3.63, 3.8) is 0 Å². The Labute approximate surface area is 172 Å². The quantitative estimate of drug-likeness (QED) is 0.248. The summed E-state index contributed by atoms with van der Waals surface area (Å²) in [5.41, 5.74) is 0. The van der Waals surface area contributed by atoms with Gasteiger partial charge in [-0.25, -0.2) is 0 Å². The fraction of sp³-hybridized carbons (Fsp3) is 0.947. The van der Waals surface area contributed by atoms with E-state index < -0.39 is 0 Å². The van der Waals surface area contributed by atoms with Crippen LogP contribution in [0, 0.1) is 17.8 Å². The molecule has 0 amide bonds. The van der Waals surface area contributed by atoms with Crippen molar-refractivity contribution in [2.75, 3.05) is 45.9 Å². The van der Waals surface area contributed by atoms with Crippen molar-refractivity contribution in [2.24, 2.45) is 22.7 Å². The van der Waals surface area contributed by atoms with Crippen LogP contribution in [0.4, 0.5) is 0 Å². The molecule has 3 N–H and O–H groups in total. The number of hydrogen-bond donors (Lipinski definition) is 3. The average Bonchev–Trinajstić information content (AvgIpc) is 2.97. The summed E-state index contributed by atoms with van der Waals surface area (Å²) >= 11 is 0. The Balaban J connectivity index is 0.00000576. The highest BCUT2D eigenvalue weighted by molar-refractivity contribution is 14.0. The van der Waals surface area contributed by atoms with Crippen molar-refractivity contribution in [3.05, 3.63) is 0 Å². The summed E-state index contributed by atoms with van der Waals surface area (Å²) in [5, 5.41) is 16.1. The number of nitrogens with one attached hydrogen (secondary N) is 2. The van der Waals surface area contributed by atoms with Crippen molar-refractivity contribution in [3.8, 4) is 0 Å². The Morgan fingerprint density at radius 3 is 2.64 bits per heavy atom. The summed E-state index contributed by atoms with van der Waals surface area (Å²) in [4.78, 5) is 7.34. The molecule has 1 aliphatic heterocycles. The van der Waals surface area contributed by atoms with Gasteiger partial charge in [0, 0.05) is 32.8 Å². The van der Waals surface area contributed by atoms with E-state index in [-0.39, 0.29) is 30.6 Å². The number of halogens is 1. The van der Waals surface area contributed by atoms with Crippen LogP contribution in [0.25, 0.3) is 0 Å². The lowest BCUT2D eigenvalue weighted by molar-refractivity contribution is 0.245. The minimum atomic E-state index is 0. The van der Waals surface area contributed by atoms with Crippen molar-refractivity contribution < 1.29 is 5.11 Å². The molecule has 0 spiro atoms. The minimum absolute atomic E-state index is 0. The molecule has 1 aliphatic rings. The van der Waals surface area contributed by atoms with Crippen molar-refractivity contribution in [1.29, 1.82) is 0 Å². The van der Waals surface area contributed by atoms with E-state index in [4.69, 9.17) is 4.99 Å². The number of hydrogen-bond acceptors (Lipinski definition) is 3. The first-order valence-electron chi connectivity index (χ1n) is 9.94. The lowest BCUT2D eigenvalue weighted by Gasteiger charge is -2.19. The lowest BCUT2D eigenvalue weighted by Crippen LogP contribution is -2.40. The van der Waals surface area contributed by atoms with Gasteiger partial charge < -0.3 is 20.6 Å². The van der Waals surface area contributed by atoms with Crippen molar-refractivity contribution >= 4 is 29.9 Å². The van der Waals surface area contributed by atoms with Gasteiger partial charge in [-0.3, -0.25) is 4.99 Å². The van der Waals surface area contributed by atoms with Gasteiger partial charge in [-0.2, -0.15) is 0 Å². The maximum atomic E-state index is 9.25. The Morgan fingerprint density at radius 1 is 1.28 bits per heavy atom. The van der Waals surface area contributed by atoms with Crippen LogP contribution in [0.3, 0.4) is 0 Å². The molecule has 0 bridgehead atoms. The third kappa shape index (κ3) is 11.3. The van der Waals surface area contributed by atoms with Crippen LogP contribution in [0.5, 0.6) is 0 Å². The molecular weight excluding hydrogens is 427 g/mol. The number of aliphatic hydroxyl groups excluding tert-OH is 1. The van der Waals surface area contributed by atoms with Crippen LogP contribution in [0.2, 0.25) is 0 Å². The smallest absolute Gasteiger partial charge is 0.191 e. The van der Waals surface area contributed by atoms with Gasteiger partial charge in [-0.1, -0.05) is 20.8 Å². The Hall–Kier alpha value is -0.0800. The second-order valence-electron chi connectivity index (χ2n) is 7.56. The molecule has 1 heterocycles. The van der Waals surface area contributed by atoms with Crippen LogP contribution < -0.4 is 10.6 Å².